The third-order valence-corrected chi connectivity index (χ3v) is 3.62. The number of benzene rings is 2. The molecule has 0 N–H and O–H groups in total. The van der Waals surface area contributed by atoms with Crippen LogP contribution < -0.4 is 0 Å². The lowest BCUT2D eigenvalue weighted by molar-refractivity contribution is 0.628. The van der Waals surface area contributed by atoms with Gasteiger partial charge in [0.25, 0.3) is 0 Å². The number of nitrogens with zero attached hydrogens (tertiary/aromatic N) is 1. The molecule has 0 unspecified atom stereocenters. The predicted octanol–water partition coefficient (Wildman–Crippen LogP) is 4.65. The van der Waals surface area contributed by atoms with Crippen LogP contribution in [0.5, 0.6) is 0 Å². The highest BCUT2D eigenvalue weighted by Crippen LogP contribution is 2.26. The van der Waals surface area contributed by atoms with Gasteiger partial charge in [0.05, 0.1) is 11.2 Å². The van der Waals surface area contributed by atoms with E-state index in [1.165, 1.54) is 12.1 Å². The van der Waals surface area contributed by atoms with Gasteiger partial charge in [0, 0.05) is 14.5 Å². The van der Waals surface area contributed by atoms with Crippen molar-refractivity contribution in [1.29, 1.82) is 0 Å². The van der Waals surface area contributed by atoms with Crippen LogP contribution in [-0.2, 0) is 0 Å². The topological polar surface area (TPSA) is 12.9 Å². The fourth-order valence-electron chi connectivity index (χ4n) is 1.90. The summed E-state index contributed by atoms with van der Waals surface area (Å²) in [5.41, 5.74) is 2.79. The van der Waals surface area contributed by atoms with Crippen LogP contribution in [0.2, 0.25) is 0 Å². The minimum absolute atomic E-state index is 0.227. The number of halogens is 2. The van der Waals surface area contributed by atoms with Gasteiger partial charge in [-0.05, 0) is 59.0 Å². The second-order valence-corrected chi connectivity index (χ2v) is 5.18. The summed E-state index contributed by atoms with van der Waals surface area (Å²) in [5.74, 6) is -0.227. The zero-order chi connectivity index (χ0) is 12.5. The molecule has 1 heterocycles. The van der Waals surface area contributed by atoms with Crippen LogP contribution in [0.15, 0.2) is 54.6 Å². The zero-order valence-corrected chi connectivity index (χ0v) is 11.6. The Hall–Kier alpha value is -1.49. The van der Waals surface area contributed by atoms with Gasteiger partial charge in [-0.25, -0.2) is 9.37 Å². The molecular weight excluding hydrogens is 340 g/mol. The highest BCUT2D eigenvalue weighted by atomic mass is 127. The Bertz CT molecular complexity index is 707. The van der Waals surface area contributed by atoms with Crippen molar-refractivity contribution < 1.29 is 4.39 Å². The van der Waals surface area contributed by atoms with Gasteiger partial charge in [-0.2, -0.15) is 0 Å². The highest BCUT2D eigenvalue weighted by molar-refractivity contribution is 14.1. The molecule has 0 saturated heterocycles. The first-order chi connectivity index (χ1) is 8.74. The first-order valence-corrected chi connectivity index (χ1v) is 6.63. The van der Waals surface area contributed by atoms with Crippen LogP contribution in [0.4, 0.5) is 4.39 Å². The Morgan fingerprint density at radius 3 is 2.44 bits per heavy atom. The lowest BCUT2D eigenvalue weighted by Gasteiger charge is -2.06. The van der Waals surface area contributed by atoms with E-state index in [0.717, 1.165) is 25.7 Å². The molecule has 3 aromatic rings. The standard InChI is InChI=1S/C15H9FIN/c16-12-7-5-10(6-8-12)15-13(17)9-11-3-1-2-4-14(11)18-15/h1-9H. The van der Waals surface area contributed by atoms with E-state index in [2.05, 4.69) is 33.6 Å². The minimum Gasteiger partial charge on any atom is -0.247 e. The van der Waals surface area contributed by atoms with E-state index in [9.17, 15) is 4.39 Å². The lowest BCUT2D eigenvalue weighted by atomic mass is 10.1. The van der Waals surface area contributed by atoms with Crippen LogP contribution >= 0.6 is 22.6 Å². The minimum atomic E-state index is -0.227. The molecule has 0 aliphatic heterocycles. The lowest BCUT2D eigenvalue weighted by Crippen LogP contribution is -1.90. The first kappa shape index (κ1) is 11.6. The Kier molecular flexibility index (Phi) is 2.99. The molecule has 1 aromatic heterocycles. The molecule has 0 bridgehead atoms. The fraction of sp³-hybridized carbons (Fsp3) is 0. The molecule has 18 heavy (non-hydrogen) atoms. The second-order valence-electron chi connectivity index (χ2n) is 4.02. The molecule has 1 nitrogen and oxygen atoms in total. The Morgan fingerprint density at radius 1 is 0.944 bits per heavy atom. The number of hydrogen-bond acceptors (Lipinski definition) is 1. The third kappa shape index (κ3) is 2.10. The van der Waals surface area contributed by atoms with E-state index in [1.54, 1.807) is 12.1 Å². The highest BCUT2D eigenvalue weighted by Gasteiger charge is 2.07. The maximum Gasteiger partial charge on any atom is 0.123 e. The van der Waals surface area contributed by atoms with E-state index < -0.39 is 0 Å². The quantitative estimate of drug-likeness (QED) is 0.583. The van der Waals surface area contributed by atoms with Gasteiger partial charge in [0.1, 0.15) is 5.82 Å². The molecule has 2 aromatic carbocycles. The summed E-state index contributed by atoms with van der Waals surface area (Å²) in [7, 11) is 0. The fourth-order valence-corrected chi connectivity index (χ4v) is 2.67. The molecule has 88 valence electrons. The van der Waals surface area contributed by atoms with Crippen molar-refractivity contribution in [2.24, 2.45) is 0 Å². The van der Waals surface area contributed by atoms with Gasteiger partial charge in [0.2, 0.25) is 0 Å². The van der Waals surface area contributed by atoms with Crippen LogP contribution in [-0.4, -0.2) is 4.98 Å². The van der Waals surface area contributed by atoms with Crippen LogP contribution in [0.25, 0.3) is 22.2 Å². The average Bonchev–Trinajstić information content (AvgIpc) is 2.39. The molecule has 0 spiro atoms. The Labute approximate surface area is 118 Å². The van der Waals surface area contributed by atoms with Gasteiger partial charge in [-0.15, -0.1) is 0 Å². The molecule has 0 saturated carbocycles. The molecule has 3 rings (SSSR count). The van der Waals surface area contributed by atoms with Crippen LogP contribution in [0.1, 0.15) is 0 Å². The number of para-hydroxylation sites is 1. The molecule has 3 heteroatoms. The largest absolute Gasteiger partial charge is 0.247 e. The zero-order valence-electron chi connectivity index (χ0n) is 9.40. The molecule has 0 fully saturated rings. The van der Waals surface area contributed by atoms with Gasteiger partial charge in [-0.1, -0.05) is 18.2 Å². The van der Waals surface area contributed by atoms with Crippen molar-refractivity contribution in [2.45, 2.75) is 0 Å². The summed E-state index contributed by atoms with van der Waals surface area (Å²) in [6, 6.07) is 16.5. The van der Waals surface area contributed by atoms with Crippen molar-refractivity contribution in [2.75, 3.05) is 0 Å². The smallest absolute Gasteiger partial charge is 0.123 e. The van der Waals surface area contributed by atoms with E-state index in [-0.39, 0.29) is 5.82 Å². The van der Waals surface area contributed by atoms with Crippen molar-refractivity contribution in [1.82, 2.24) is 4.98 Å². The summed E-state index contributed by atoms with van der Waals surface area (Å²) in [6.07, 6.45) is 0. The summed E-state index contributed by atoms with van der Waals surface area (Å²) < 4.78 is 14.0. The predicted molar refractivity (Wildman–Crippen MR) is 79.9 cm³/mol. The van der Waals surface area contributed by atoms with E-state index in [4.69, 9.17) is 0 Å². The average molecular weight is 349 g/mol. The maximum absolute atomic E-state index is 12.9. The number of hydrogen-bond donors (Lipinski definition) is 0. The van der Waals surface area contributed by atoms with Gasteiger partial charge < -0.3 is 0 Å². The normalized spacial score (nSPS) is 10.8. The van der Waals surface area contributed by atoms with Crippen molar-refractivity contribution >= 4 is 33.5 Å². The maximum atomic E-state index is 12.9. The third-order valence-electron chi connectivity index (χ3n) is 2.80. The monoisotopic (exact) mass is 349 g/mol. The number of rotatable bonds is 1. The van der Waals surface area contributed by atoms with E-state index in [1.807, 2.05) is 24.3 Å². The summed E-state index contributed by atoms with van der Waals surface area (Å²) >= 11 is 2.26. The molecule has 0 radical (unpaired) electrons. The van der Waals surface area contributed by atoms with Crippen LogP contribution in [0.3, 0.4) is 0 Å². The number of pyridine rings is 1. The van der Waals surface area contributed by atoms with Crippen molar-refractivity contribution in [3.8, 4) is 11.3 Å². The van der Waals surface area contributed by atoms with E-state index in [0.29, 0.717) is 0 Å². The Balaban J connectivity index is 2.22. The van der Waals surface area contributed by atoms with Crippen LogP contribution in [0, 0.1) is 9.39 Å². The second kappa shape index (κ2) is 4.65. The van der Waals surface area contributed by atoms with Crippen molar-refractivity contribution in [3.63, 3.8) is 0 Å². The van der Waals surface area contributed by atoms with Crippen molar-refractivity contribution in [3.05, 3.63) is 64.0 Å². The number of aromatic nitrogens is 1. The summed E-state index contributed by atoms with van der Waals surface area (Å²) in [5, 5.41) is 1.12. The number of fused-ring (bicyclic) bond motifs is 1. The van der Waals surface area contributed by atoms with E-state index >= 15 is 0 Å². The van der Waals surface area contributed by atoms with Gasteiger partial charge in [-0.3, -0.25) is 0 Å². The van der Waals surface area contributed by atoms with Gasteiger partial charge in [0.15, 0.2) is 0 Å². The molecule has 0 aliphatic carbocycles. The Morgan fingerprint density at radius 2 is 1.67 bits per heavy atom. The summed E-state index contributed by atoms with van der Waals surface area (Å²) in [4.78, 5) is 4.64. The molecular formula is C15H9FIN. The molecule has 0 amide bonds. The summed E-state index contributed by atoms with van der Waals surface area (Å²) in [6.45, 7) is 0. The molecule has 0 atom stereocenters. The molecule has 0 aliphatic rings. The first-order valence-electron chi connectivity index (χ1n) is 5.55. The van der Waals surface area contributed by atoms with Gasteiger partial charge >= 0.3 is 0 Å². The SMILES string of the molecule is Fc1ccc(-c2nc3ccccc3cc2I)cc1.